The Morgan fingerprint density at radius 2 is 1.90 bits per heavy atom. The molecule has 20 heavy (non-hydrogen) atoms. The normalized spacial score (nSPS) is 11.7. The Balaban J connectivity index is 2.95. The lowest BCUT2D eigenvalue weighted by Gasteiger charge is -2.21. The highest BCUT2D eigenvalue weighted by Crippen LogP contribution is 2.22. The van der Waals surface area contributed by atoms with Crippen molar-refractivity contribution < 1.29 is 0 Å². The lowest BCUT2D eigenvalue weighted by Crippen LogP contribution is -2.22. The summed E-state index contributed by atoms with van der Waals surface area (Å²) in [6.07, 6.45) is 1.96. The van der Waals surface area contributed by atoms with Crippen molar-refractivity contribution >= 4 is 5.71 Å². The van der Waals surface area contributed by atoms with Crippen LogP contribution in [0, 0.1) is 17.3 Å². The third-order valence-electron chi connectivity index (χ3n) is 3.43. The van der Waals surface area contributed by atoms with E-state index >= 15 is 0 Å². The summed E-state index contributed by atoms with van der Waals surface area (Å²) in [6.45, 7) is 13.3. The molecule has 1 rings (SSSR count). The molecular formula is C19H25N. The molecule has 1 nitrogen and oxygen atoms in total. The molecule has 1 heteroatoms. The number of benzene rings is 1. The topological polar surface area (TPSA) is 12.4 Å². The average Bonchev–Trinajstić information content (AvgIpc) is 2.43. The Hall–Kier alpha value is -1.81. The fourth-order valence-corrected chi connectivity index (χ4v) is 1.60. The lowest BCUT2D eigenvalue weighted by molar-refractivity contribution is 0.505. The van der Waals surface area contributed by atoms with E-state index in [4.69, 9.17) is 4.99 Å². The van der Waals surface area contributed by atoms with Crippen molar-refractivity contribution in [1.82, 2.24) is 0 Å². The van der Waals surface area contributed by atoms with E-state index in [2.05, 4.69) is 39.2 Å². The van der Waals surface area contributed by atoms with Crippen LogP contribution in [-0.4, -0.2) is 12.3 Å². The first kappa shape index (κ1) is 16.2. The van der Waals surface area contributed by atoms with Gasteiger partial charge in [-0.15, -0.1) is 6.58 Å². The molecule has 0 fully saturated rings. The molecule has 1 aromatic carbocycles. The SMILES string of the molecule is C=C(C)CCN=C(C#Cc1ccccc1)C(C)(C)CC. The van der Waals surface area contributed by atoms with Crippen molar-refractivity contribution in [3.63, 3.8) is 0 Å². The highest BCUT2D eigenvalue weighted by molar-refractivity contribution is 6.04. The van der Waals surface area contributed by atoms with E-state index in [1.165, 1.54) is 5.57 Å². The van der Waals surface area contributed by atoms with Gasteiger partial charge < -0.3 is 0 Å². The lowest BCUT2D eigenvalue weighted by atomic mass is 9.84. The Bertz CT molecular complexity index is 524. The molecule has 0 atom stereocenters. The van der Waals surface area contributed by atoms with Gasteiger partial charge in [-0.1, -0.05) is 50.5 Å². The summed E-state index contributed by atoms with van der Waals surface area (Å²) in [5.74, 6) is 6.49. The van der Waals surface area contributed by atoms with Gasteiger partial charge >= 0.3 is 0 Å². The fraction of sp³-hybridized carbons (Fsp3) is 0.421. The van der Waals surface area contributed by atoms with Gasteiger partial charge in [0.15, 0.2) is 0 Å². The standard InChI is InChI=1S/C19H25N/c1-6-19(4,5)18(20-15-14-16(2)3)13-12-17-10-8-7-9-11-17/h7-11H,2,6,14-15H2,1,3-5H3. The summed E-state index contributed by atoms with van der Waals surface area (Å²) in [5, 5.41) is 0. The maximum atomic E-state index is 4.70. The fourth-order valence-electron chi connectivity index (χ4n) is 1.60. The van der Waals surface area contributed by atoms with E-state index in [9.17, 15) is 0 Å². The molecule has 0 aromatic heterocycles. The van der Waals surface area contributed by atoms with Gasteiger partial charge in [-0.05, 0) is 37.8 Å². The molecule has 0 spiro atoms. The predicted molar refractivity (Wildman–Crippen MR) is 89.1 cm³/mol. The predicted octanol–water partition coefficient (Wildman–Crippen LogP) is 4.88. The van der Waals surface area contributed by atoms with Crippen LogP contribution in [0.25, 0.3) is 0 Å². The number of hydrogen-bond donors (Lipinski definition) is 0. The second-order valence-corrected chi connectivity index (χ2v) is 5.79. The van der Waals surface area contributed by atoms with Gasteiger partial charge in [0.1, 0.15) is 0 Å². The second kappa shape index (κ2) is 7.70. The minimum absolute atomic E-state index is 0.0247. The second-order valence-electron chi connectivity index (χ2n) is 5.79. The van der Waals surface area contributed by atoms with E-state index < -0.39 is 0 Å². The third-order valence-corrected chi connectivity index (χ3v) is 3.43. The summed E-state index contributed by atoms with van der Waals surface area (Å²) >= 11 is 0. The molecule has 0 aliphatic carbocycles. The monoisotopic (exact) mass is 267 g/mol. The molecule has 0 N–H and O–H groups in total. The van der Waals surface area contributed by atoms with Gasteiger partial charge in [-0.2, -0.15) is 0 Å². The summed E-state index contributed by atoms with van der Waals surface area (Å²) in [5.41, 5.74) is 3.21. The van der Waals surface area contributed by atoms with Crippen molar-refractivity contribution in [2.75, 3.05) is 6.54 Å². The zero-order chi connectivity index (χ0) is 15.0. The smallest absolute Gasteiger partial charge is 0.0903 e. The molecule has 0 aliphatic heterocycles. The first-order chi connectivity index (χ1) is 9.45. The summed E-state index contributed by atoms with van der Waals surface area (Å²) in [6, 6.07) is 10.1. The quantitative estimate of drug-likeness (QED) is 0.409. The molecule has 0 aliphatic rings. The van der Waals surface area contributed by atoms with Crippen LogP contribution in [0.3, 0.4) is 0 Å². The number of nitrogens with zero attached hydrogens (tertiary/aromatic N) is 1. The number of rotatable bonds is 5. The van der Waals surface area contributed by atoms with Gasteiger partial charge in [-0.25, -0.2) is 0 Å². The van der Waals surface area contributed by atoms with Gasteiger partial charge in [-0.3, -0.25) is 4.99 Å². The summed E-state index contributed by atoms with van der Waals surface area (Å²) < 4.78 is 0. The number of hydrogen-bond acceptors (Lipinski definition) is 1. The summed E-state index contributed by atoms with van der Waals surface area (Å²) in [4.78, 5) is 4.70. The molecule has 0 heterocycles. The van der Waals surface area contributed by atoms with Crippen molar-refractivity contribution in [3.8, 4) is 11.8 Å². The van der Waals surface area contributed by atoms with Gasteiger partial charge in [0.25, 0.3) is 0 Å². The highest BCUT2D eigenvalue weighted by Gasteiger charge is 2.21. The van der Waals surface area contributed by atoms with E-state index in [1.807, 2.05) is 37.3 Å². The maximum Gasteiger partial charge on any atom is 0.0903 e. The molecule has 0 saturated heterocycles. The van der Waals surface area contributed by atoms with E-state index in [-0.39, 0.29) is 5.41 Å². The van der Waals surface area contributed by atoms with Crippen molar-refractivity contribution in [2.24, 2.45) is 10.4 Å². The van der Waals surface area contributed by atoms with Crippen LogP contribution >= 0.6 is 0 Å². The van der Waals surface area contributed by atoms with Crippen molar-refractivity contribution in [1.29, 1.82) is 0 Å². The Labute approximate surface area is 123 Å². The largest absolute Gasteiger partial charge is 0.280 e. The molecular weight excluding hydrogens is 242 g/mol. The summed E-state index contributed by atoms with van der Waals surface area (Å²) in [7, 11) is 0. The van der Waals surface area contributed by atoms with Gasteiger partial charge in [0.2, 0.25) is 0 Å². The van der Waals surface area contributed by atoms with Crippen LogP contribution < -0.4 is 0 Å². The molecule has 0 radical (unpaired) electrons. The minimum atomic E-state index is 0.0247. The van der Waals surface area contributed by atoms with E-state index in [0.29, 0.717) is 0 Å². The third kappa shape index (κ3) is 5.45. The van der Waals surface area contributed by atoms with Crippen LogP contribution in [0.1, 0.15) is 46.1 Å². The molecule has 0 unspecified atom stereocenters. The highest BCUT2D eigenvalue weighted by atomic mass is 14.7. The van der Waals surface area contributed by atoms with Crippen LogP contribution in [0.15, 0.2) is 47.5 Å². The Morgan fingerprint density at radius 3 is 2.45 bits per heavy atom. The zero-order valence-corrected chi connectivity index (χ0v) is 13.2. The van der Waals surface area contributed by atoms with Crippen molar-refractivity contribution in [3.05, 3.63) is 48.0 Å². The molecule has 0 amide bonds. The molecule has 0 bridgehead atoms. The van der Waals surface area contributed by atoms with Crippen LogP contribution in [-0.2, 0) is 0 Å². The molecule has 106 valence electrons. The van der Waals surface area contributed by atoms with Crippen LogP contribution in [0.4, 0.5) is 0 Å². The van der Waals surface area contributed by atoms with E-state index in [0.717, 1.165) is 30.7 Å². The Kier molecular flexibility index (Phi) is 6.25. The van der Waals surface area contributed by atoms with Crippen LogP contribution in [0.2, 0.25) is 0 Å². The Morgan fingerprint density at radius 1 is 1.25 bits per heavy atom. The molecule has 0 saturated carbocycles. The van der Waals surface area contributed by atoms with Gasteiger partial charge in [0.05, 0.1) is 5.71 Å². The zero-order valence-electron chi connectivity index (χ0n) is 13.2. The first-order valence-corrected chi connectivity index (χ1v) is 7.22. The average molecular weight is 267 g/mol. The minimum Gasteiger partial charge on any atom is -0.280 e. The number of aliphatic imine (C=N–C) groups is 1. The van der Waals surface area contributed by atoms with E-state index in [1.54, 1.807) is 0 Å². The molecule has 1 aromatic rings. The van der Waals surface area contributed by atoms with Crippen LogP contribution in [0.5, 0.6) is 0 Å². The maximum absolute atomic E-state index is 4.70. The first-order valence-electron chi connectivity index (χ1n) is 7.22. The van der Waals surface area contributed by atoms with Gasteiger partial charge in [0, 0.05) is 17.5 Å². The van der Waals surface area contributed by atoms with Crippen molar-refractivity contribution in [2.45, 2.75) is 40.5 Å².